The Labute approximate surface area is 139 Å². The molecule has 0 aliphatic heterocycles. The van der Waals surface area contributed by atoms with Gasteiger partial charge in [0, 0.05) is 6.20 Å². The van der Waals surface area contributed by atoms with Crippen LogP contribution in [0.25, 0.3) is 5.69 Å². The molecule has 0 aliphatic carbocycles. The van der Waals surface area contributed by atoms with Crippen molar-refractivity contribution in [3.8, 4) is 11.4 Å². The molecule has 0 unspecified atom stereocenters. The lowest BCUT2D eigenvalue weighted by molar-refractivity contribution is 0.0944. The van der Waals surface area contributed by atoms with Gasteiger partial charge in [0.2, 0.25) is 0 Å². The van der Waals surface area contributed by atoms with Gasteiger partial charge in [-0.05, 0) is 31.2 Å². The Bertz CT molecular complexity index is 845. The second-order valence-electron chi connectivity index (χ2n) is 5.11. The third-order valence-electron chi connectivity index (χ3n) is 3.58. The Balaban J connectivity index is 1.81. The molecular formula is C17H17N5O2. The lowest BCUT2D eigenvalue weighted by Gasteiger charge is -2.09. The van der Waals surface area contributed by atoms with Gasteiger partial charge in [-0.25, -0.2) is 4.68 Å². The van der Waals surface area contributed by atoms with Crippen molar-refractivity contribution in [1.29, 1.82) is 0 Å². The van der Waals surface area contributed by atoms with Crippen LogP contribution in [0.3, 0.4) is 0 Å². The fourth-order valence-electron chi connectivity index (χ4n) is 2.33. The van der Waals surface area contributed by atoms with Gasteiger partial charge in [0.15, 0.2) is 5.69 Å². The molecule has 0 atom stereocenters. The minimum atomic E-state index is -0.292. The molecule has 0 saturated carbocycles. The average Bonchev–Trinajstić information content (AvgIpc) is 3.02. The number of carbonyl (C=O) groups excluding carboxylic acids is 1. The first-order valence-corrected chi connectivity index (χ1v) is 7.44. The molecule has 3 aromatic rings. The summed E-state index contributed by atoms with van der Waals surface area (Å²) >= 11 is 0. The Morgan fingerprint density at radius 1 is 1.21 bits per heavy atom. The molecule has 1 amide bonds. The molecule has 1 N–H and O–H groups in total. The van der Waals surface area contributed by atoms with Crippen molar-refractivity contribution in [3.05, 3.63) is 65.7 Å². The van der Waals surface area contributed by atoms with Gasteiger partial charge >= 0.3 is 0 Å². The summed E-state index contributed by atoms with van der Waals surface area (Å²) in [5.41, 5.74) is 2.42. The molecule has 0 fully saturated rings. The normalized spacial score (nSPS) is 10.4. The van der Waals surface area contributed by atoms with Crippen molar-refractivity contribution in [3.63, 3.8) is 0 Å². The molecule has 7 heteroatoms. The summed E-state index contributed by atoms with van der Waals surface area (Å²) in [5.74, 6) is 0.366. The fourth-order valence-corrected chi connectivity index (χ4v) is 2.33. The van der Waals surface area contributed by atoms with Crippen LogP contribution >= 0.6 is 0 Å². The molecule has 3 rings (SSSR count). The summed E-state index contributed by atoms with van der Waals surface area (Å²) in [6.45, 7) is 2.13. The van der Waals surface area contributed by atoms with E-state index in [0.717, 1.165) is 11.4 Å². The summed E-state index contributed by atoms with van der Waals surface area (Å²) in [7, 11) is 1.59. The van der Waals surface area contributed by atoms with E-state index < -0.39 is 0 Å². The molecule has 122 valence electrons. The quantitative estimate of drug-likeness (QED) is 0.775. The molecule has 2 heterocycles. The van der Waals surface area contributed by atoms with E-state index in [0.29, 0.717) is 18.0 Å². The SMILES string of the molecule is COc1ccccc1-n1nnc(C(=O)NCc2ccccn2)c1C. The van der Waals surface area contributed by atoms with E-state index in [2.05, 4.69) is 20.6 Å². The number of hydrogen-bond acceptors (Lipinski definition) is 5. The zero-order valence-electron chi connectivity index (χ0n) is 13.4. The third kappa shape index (κ3) is 3.10. The number of carbonyl (C=O) groups is 1. The van der Waals surface area contributed by atoms with Crippen LogP contribution in [0.5, 0.6) is 5.75 Å². The molecule has 0 aliphatic rings. The first-order valence-electron chi connectivity index (χ1n) is 7.44. The third-order valence-corrected chi connectivity index (χ3v) is 3.58. The van der Waals surface area contributed by atoms with Crippen molar-refractivity contribution < 1.29 is 9.53 Å². The molecular weight excluding hydrogens is 306 g/mol. The maximum absolute atomic E-state index is 12.4. The van der Waals surface area contributed by atoms with E-state index in [1.54, 1.807) is 24.9 Å². The van der Waals surface area contributed by atoms with Gasteiger partial charge in [-0.1, -0.05) is 23.4 Å². The van der Waals surface area contributed by atoms with Crippen molar-refractivity contribution >= 4 is 5.91 Å². The number of nitrogens with one attached hydrogen (secondary N) is 1. The van der Waals surface area contributed by atoms with Gasteiger partial charge in [0.25, 0.3) is 5.91 Å². The monoisotopic (exact) mass is 323 g/mol. The van der Waals surface area contributed by atoms with Crippen LogP contribution in [0.2, 0.25) is 0 Å². The van der Waals surface area contributed by atoms with Crippen molar-refractivity contribution in [2.45, 2.75) is 13.5 Å². The van der Waals surface area contributed by atoms with Gasteiger partial charge in [-0.2, -0.15) is 0 Å². The number of benzene rings is 1. The summed E-state index contributed by atoms with van der Waals surface area (Å²) < 4.78 is 6.92. The molecule has 2 aromatic heterocycles. The lowest BCUT2D eigenvalue weighted by Crippen LogP contribution is -2.24. The highest BCUT2D eigenvalue weighted by molar-refractivity contribution is 5.93. The van der Waals surface area contributed by atoms with E-state index in [9.17, 15) is 4.79 Å². The minimum absolute atomic E-state index is 0.275. The number of para-hydroxylation sites is 2. The van der Waals surface area contributed by atoms with Gasteiger partial charge in [-0.3, -0.25) is 9.78 Å². The second-order valence-corrected chi connectivity index (χ2v) is 5.11. The summed E-state index contributed by atoms with van der Waals surface area (Å²) in [5, 5.41) is 10.9. The number of nitrogens with zero attached hydrogens (tertiary/aromatic N) is 4. The van der Waals surface area contributed by atoms with Gasteiger partial charge in [0.05, 0.1) is 25.0 Å². The van der Waals surface area contributed by atoms with Crippen LogP contribution < -0.4 is 10.1 Å². The number of pyridine rings is 1. The molecule has 24 heavy (non-hydrogen) atoms. The molecule has 1 aromatic carbocycles. The minimum Gasteiger partial charge on any atom is -0.494 e. The maximum Gasteiger partial charge on any atom is 0.274 e. The number of methoxy groups -OCH3 is 1. The zero-order valence-corrected chi connectivity index (χ0v) is 13.4. The van der Waals surface area contributed by atoms with E-state index in [1.807, 2.05) is 42.5 Å². The Morgan fingerprint density at radius 2 is 2.00 bits per heavy atom. The van der Waals surface area contributed by atoms with Crippen LogP contribution in [0.15, 0.2) is 48.7 Å². The van der Waals surface area contributed by atoms with Crippen molar-refractivity contribution in [2.24, 2.45) is 0 Å². The Morgan fingerprint density at radius 3 is 2.75 bits per heavy atom. The highest BCUT2D eigenvalue weighted by Gasteiger charge is 2.18. The highest BCUT2D eigenvalue weighted by Crippen LogP contribution is 2.23. The van der Waals surface area contributed by atoms with E-state index in [4.69, 9.17) is 4.74 Å². The topological polar surface area (TPSA) is 81.9 Å². The molecule has 0 spiro atoms. The van der Waals surface area contributed by atoms with E-state index >= 15 is 0 Å². The second kappa shape index (κ2) is 6.91. The Hall–Kier alpha value is -3.22. The zero-order chi connectivity index (χ0) is 16.9. The van der Waals surface area contributed by atoms with Crippen LogP contribution in [0.1, 0.15) is 21.9 Å². The smallest absolute Gasteiger partial charge is 0.274 e. The first kappa shape index (κ1) is 15.7. The molecule has 7 nitrogen and oxygen atoms in total. The number of rotatable bonds is 5. The number of hydrogen-bond donors (Lipinski definition) is 1. The lowest BCUT2D eigenvalue weighted by atomic mass is 10.2. The van der Waals surface area contributed by atoms with E-state index in [1.165, 1.54) is 0 Å². The highest BCUT2D eigenvalue weighted by atomic mass is 16.5. The maximum atomic E-state index is 12.4. The molecule has 0 bridgehead atoms. The summed E-state index contributed by atoms with van der Waals surface area (Å²) in [4.78, 5) is 16.5. The number of aromatic nitrogens is 4. The van der Waals surface area contributed by atoms with E-state index in [-0.39, 0.29) is 11.6 Å². The van der Waals surface area contributed by atoms with Crippen LogP contribution in [-0.2, 0) is 6.54 Å². The predicted octanol–water partition coefficient (Wildman–Crippen LogP) is 1.91. The van der Waals surface area contributed by atoms with Crippen LogP contribution in [0.4, 0.5) is 0 Å². The predicted molar refractivity (Wildman–Crippen MR) is 88.1 cm³/mol. The van der Waals surface area contributed by atoms with Crippen molar-refractivity contribution in [1.82, 2.24) is 25.3 Å². The van der Waals surface area contributed by atoms with Gasteiger partial charge < -0.3 is 10.1 Å². The van der Waals surface area contributed by atoms with Crippen LogP contribution in [-0.4, -0.2) is 33.0 Å². The number of ether oxygens (including phenoxy) is 1. The summed E-state index contributed by atoms with van der Waals surface area (Å²) in [6, 6.07) is 13.0. The fraction of sp³-hybridized carbons (Fsp3) is 0.176. The van der Waals surface area contributed by atoms with Gasteiger partial charge in [-0.15, -0.1) is 5.10 Å². The first-order chi connectivity index (χ1) is 11.7. The Kier molecular flexibility index (Phi) is 4.51. The standard InChI is InChI=1S/C17H17N5O2/c1-12-16(17(23)19-11-13-7-5-6-10-18-13)20-21-22(12)14-8-3-4-9-15(14)24-2/h3-10H,11H2,1-2H3,(H,19,23). The van der Waals surface area contributed by atoms with Crippen molar-refractivity contribution in [2.75, 3.05) is 7.11 Å². The average molecular weight is 323 g/mol. The summed E-state index contributed by atoms with van der Waals surface area (Å²) in [6.07, 6.45) is 1.69. The van der Waals surface area contributed by atoms with Crippen LogP contribution in [0, 0.1) is 6.92 Å². The molecule has 0 saturated heterocycles. The molecule has 0 radical (unpaired) electrons. The number of amides is 1. The largest absolute Gasteiger partial charge is 0.494 e. The van der Waals surface area contributed by atoms with Gasteiger partial charge in [0.1, 0.15) is 11.4 Å².